The van der Waals surface area contributed by atoms with Crippen LogP contribution in [0.1, 0.15) is 49.8 Å². The molecule has 10 atom stereocenters. The molecule has 322 valence electrons. The van der Waals surface area contributed by atoms with Crippen LogP contribution in [0.4, 0.5) is 11.8 Å². The number of hydrogen-bond acceptors (Lipinski definition) is 15. The molecule has 61 heavy (non-hydrogen) atoms. The number of rotatable bonds is 16. The van der Waals surface area contributed by atoms with Crippen molar-refractivity contribution in [3.8, 4) is 0 Å². The van der Waals surface area contributed by atoms with E-state index in [4.69, 9.17) is 29.6 Å². The Labute approximate surface area is 348 Å². The van der Waals surface area contributed by atoms with Crippen LogP contribution in [0.2, 0.25) is 0 Å². The molecule has 2 saturated carbocycles. The van der Waals surface area contributed by atoms with Crippen LogP contribution in [0.5, 0.6) is 0 Å². The summed E-state index contributed by atoms with van der Waals surface area (Å²) in [4.78, 5) is 61.4. The summed E-state index contributed by atoms with van der Waals surface area (Å²) in [6, 6.07) is 10.3. The lowest BCUT2D eigenvalue weighted by Crippen LogP contribution is -2.36. The van der Waals surface area contributed by atoms with Crippen molar-refractivity contribution in [1.29, 1.82) is 0 Å². The molecule has 1 saturated heterocycles. The lowest BCUT2D eigenvalue weighted by molar-refractivity contribution is -0.118. The molecule has 21 nitrogen and oxygen atoms in total. The van der Waals surface area contributed by atoms with Crippen LogP contribution in [0.3, 0.4) is 0 Å². The molecule has 1 aromatic carbocycles. The maximum absolute atomic E-state index is 14.6. The Morgan fingerprint density at radius 3 is 2.64 bits per heavy atom. The molecule has 0 bridgehead atoms. The first-order chi connectivity index (χ1) is 29.3. The van der Waals surface area contributed by atoms with Crippen LogP contribution in [0.25, 0.3) is 27.0 Å². The number of imidazole rings is 1. The molecule has 5 aromatic rings. The zero-order valence-corrected chi connectivity index (χ0v) is 34.5. The highest BCUT2D eigenvalue weighted by atomic mass is 31.2. The van der Waals surface area contributed by atoms with Gasteiger partial charge in [0.15, 0.2) is 17.4 Å². The molecule has 3 aliphatic rings. The largest absolute Gasteiger partial charge is 0.475 e. The molecule has 2 aliphatic carbocycles. The van der Waals surface area contributed by atoms with Crippen molar-refractivity contribution >= 4 is 53.6 Å². The number of carbonyl (C=O) groups is 2. The quantitative estimate of drug-likeness (QED) is 0.0542. The summed E-state index contributed by atoms with van der Waals surface area (Å²) in [7, 11) is -3.20. The second kappa shape index (κ2) is 16.8. The van der Waals surface area contributed by atoms with E-state index in [1.807, 2.05) is 23.8 Å². The van der Waals surface area contributed by atoms with Gasteiger partial charge in [-0.3, -0.25) is 42.8 Å². The number of phosphoric acid groups is 1. The standard InChI is InChI=1S/C39H45N10O11P/c1-20(2)34(52)46-38-45-33-26(36(54)47-38)43-19-49(33)37-28(51)29(56-5)25(59-37)16-58-61(55,57-14-12-40-4)60-30-21(3)27(24-15-39(24,30)17-50)48-13-11-23-31(41-18-42-32(23)48)44-35(53)22-9-7-6-8-10-22/h6-11,13,18-21,24-25,27-30,37,50-51H,12,14-17H2,1-3,5H3,(H,41,42,44,53)(H2,45,46,47,52,54)/t21-,24+,25+,27-,28+,29+,30-,37+,39-,61?/m0/s1. The fourth-order valence-corrected chi connectivity index (χ4v) is 10.1. The van der Waals surface area contributed by atoms with Crippen LogP contribution in [-0.2, 0) is 32.4 Å². The average Bonchev–Trinajstić information content (AvgIpc) is 3.51. The summed E-state index contributed by atoms with van der Waals surface area (Å²) in [5.74, 6) is -1.43. The normalized spacial score (nSPS) is 27.8. The molecule has 5 N–H and O–H groups in total. The molecule has 3 fully saturated rings. The summed E-state index contributed by atoms with van der Waals surface area (Å²) in [5.41, 5.74) is -0.511. The third-order valence-corrected chi connectivity index (χ3v) is 13.2. The SMILES string of the molecule is [C-]#[N+]CCOP(=O)(OC[C@H]1O[C@@H](n2cnc3c(=O)[nH]c(NC(=O)C(C)C)nc32)[C@H](O)[C@@H]1OC)O[C@H]1[C@@H](C)[C@H](n2ccc3c(NC(=O)c4ccccc4)ncnc32)[C@H]2C[C@]21CO. The van der Waals surface area contributed by atoms with Crippen molar-refractivity contribution in [1.82, 2.24) is 34.1 Å². The van der Waals surface area contributed by atoms with Crippen molar-refractivity contribution in [3.63, 3.8) is 0 Å². The maximum Gasteiger partial charge on any atom is 0.475 e. The van der Waals surface area contributed by atoms with Gasteiger partial charge in [-0.25, -0.2) is 26.1 Å². The van der Waals surface area contributed by atoms with Gasteiger partial charge in [0.1, 0.15) is 42.7 Å². The van der Waals surface area contributed by atoms with Gasteiger partial charge in [-0.2, -0.15) is 4.98 Å². The molecule has 1 aliphatic heterocycles. The number of aliphatic hydroxyl groups is 2. The van der Waals surface area contributed by atoms with Crippen molar-refractivity contribution in [2.24, 2.45) is 23.2 Å². The van der Waals surface area contributed by atoms with Crippen LogP contribution in [0.15, 0.2) is 60.0 Å². The van der Waals surface area contributed by atoms with Crippen LogP contribution in [-0.4, -0.2) is 114 Å². The number of nitrogens with zero attached hydrogens (tertiary/aromatic N) is 7. The van der Waals surface area contributed by atoms with Crippen LogP contribution >= 0.6 is 7.82 Å². The number of amides is 2. The molecular weight excluding hydrogens is 815 g/mol. The number of methoxy groups -OCH3 is 1. The van der Waals surface area contributed by atoms with Gasteiger partial charge >= 0.3 is 7.82 Å². The van der Waals surface area contributed by atoms with Gasteiger partial charge in [0.2, 0.25) is 18.4 Å². The number of phosphoric ester groups is 1. The minimum atomic E-state index is -4.54. The van der Waals surface area contributed by atoms with Crippen molar-refractivity contribution in [2.45, 2.75) is 63.9 Å². The van der Waals surface area contributed by atoms with Gasteiger partial charge in [-0.1, -0.05) is 39.0 Å². The molecule has 22 heteroatoms. The lowest BCUT2D eigenvalue weighted by Gasteiger charge is -2.31. The summed E-state index contributed by atoms with van der Waals surface area (Å²) in [6.07, 6.45) is -0.598. The Morgan fingerprint density at radius 1 is 1.13 bits per heavy atom. The summed E-state index contributed by atoms with van der Waals surface area (Å²) in [6.45, 7) is 11.3. The third kappa shape index (κ3) is 7.74. The van der Waals surface area contributed by atoms with E-state index in [0.717, 1.165) is 0 Å². The number of carbonyl (C=O) groups excluding carboxylic acids is 2. The number of hydrogen-bond donors (Lipinski definition) is 5. The number of aromatic nitrogens is 7. The Kier molecular flexibility index (Phi) is 11.6. The lowest BCUT2D eigenvalue weighted by atomic mass is 9.94. The van der Waals surface area contributed by atoms with Crippen molar-refractivity contribution < 1.29 is 47.4 Å². The highest BCUT2D eigenvalue weighted by Gasteiger charge is 2.72. The first-order valence-corrected chi connectivity index (χ1v) is 21.1. The smallest absolute Gasteiger partial charge is 0.396 e. The van der Waals surface area contributed by atoms with E-state index >= 15 is 0 Å². The molecule has 2 amide bonds. The minimum absolute atomic E-state index is 0.00733. The molecule has 4 aromatic heterocycles. The number of nitrogens with one attached hydrogen (secondary N) is 3. The Balaban J connectivity index is 1.02. The number of anilines is 2. The highest BCUT2D eigenvalue weighted by Crippen LogP contribution is 2.73. The molecule has 0 radical (unpaired) electrons. The number of aromatic amines is 1. The predicted octanol–water partition coefficient (Wildman–Crippen LogP) is 3.32. The summed E-state index contributed by atoms with van der Waals surface area (Å²) < 4.78 is 47.7. The fraction of sp³-hybridized carbons (Fsp3) is 0.487. The van der Waals surface area contributed by atoms with E-state index in [9.17, 15) is 29.2 Å². The van der Waals surface area contributed by atoms with Gasteiger partial charge in [-0.05, 0) is 30.5 Å². The monoisotopic (exact) mass is 860 g/mol. The maximum atomic E-state index is 14.6. The summed E-state index contributed by atoms with van der Waals surface area (Å²) >= 11 is 0. The third-order valence-electron chi connectivity index (χ3n) is 11.7. The van der Waals surface area contributed by atoms with Gasteiger partial charge in [0.25, 0.3) is 11.5 Å². The molecule has 5 heterocycles. The molecule has 0 spiro atoms. The first-order valence-electron chi connectivity index (χ1n) is 19.7. The van der Waals surface area contributed by atoms with E-state index in [-0.39, 0.29) is 66.6 Å². The zero-order valence-electron chi connectivity index (χ0n) is 33.6. The minimum Gasteiger partial charge on any atom is -0.396 e. The van der Waals surface area contributed by atoms with Gasteiger partial charge in [0, 0.05) is 42.2 Å². The van der Waals surface area contributed by atoms with E-state index in [1.54, 1.807) is 44.2 Å². The number of aliphatic hydroxyl groups excluding tert-OH is 2. The van der Waals surface area contributed by atoms with Gasteiger partial charge in [0.05, 0.1) is 31.0 Å². The number of ether oxygens (including phenoxy) is 2. The second-order valence-electron chi connectivity index (χ2n) is 15.7. The second-order valence-corrected chi connectivity index (χ2v) is 17.3. The van der Waals surface area contributed by atoms with Gasteiger partial charge < -0.3 is 34.4 Å². The molecular formula is C39H45N10O11P. The number of fused-ring (bicyclic) bond motifs is 3. The molecule has 8 rings (SSSR count). The number of H-pyrrole nitrogens is 1. The van der Waals surface area contributed by atoms with Crippen molar-refractivity contribution in [2.75, 3.05) is 44.1 Å². The topological polar surface area (TPSA) is 261 Å². The van der Waals surface area contributed by atoms with E-state index < -0.39 is 62.0 Å². The van der Waals surface area contributed by atoms with E-state index in [2.05, 4.69) is 40.4 Å². The summed E-state index contributed by atoms with van der Waals surface area (Å²) in [5, 5.41) is 28.3. The first kappa shape index (κ1) is 42.3. The fourth-order valence-electron chi connectivity index (χ4n) is 8.62. The zero-order chi connectivity index (χ0) is 43.2. The van der Waals surface area contributed by atoms with E-state index in [1.165, 1.54) is 24.3 Å². The molecule has 1 unspecified atom stereocenters. The predicted molar refractivity (Wildman–Crippen MR) is 216 cm³/mol. The average molecular weight is 861 g/mol. The van der Waals surface area contributed by atoms with Crippen LogP contribution in [0, 0.1) is 29.7 Å². The Hall–Kier alpha value is -5.43. The van der Waals surface area contributed by atoms with Crippen LogP contribution < -0.4 is 16.2 Å². The highest BCUT2D eigenvalue weighted by molar-refractivity contribution is 7.48. The Bertz CT molecular complexity index is 2590. The van der Waals surface area contributed by atoms with Gasteiger partial charge in [-0.15, -0.1) is 0 Å². The van der Waals surface area contributed by atoms with Crippen molar-refractivity contribution in [3.05, 3.63) is 82.6 Å². The van der Waals surface area contributed by atoms with E-state index in [0.29, 0.717) is 28.8 Å². The number of benzene rings is 1. The Morgan fingerprint density at radius 2 is 1.92 bits per heavy atom.